The van der Waals surface area contributed by atoms with Crippen LogP contribution in [-0.4, -0.2) is 25.5 Å². The fourth-order valence-electron chi connectivity index (χ4n) is 2.79. The lowest BCUT2D eigenvalue weighted by Gasteiger charge is -2.04. The maximum absolute atomic E-state index is 10.9. The lowest BCUT2D eigenvalue weighted by Crippen LogP contribution is -2.01. The van der Waals surface area contributed by atoms with Gasteiger partial charge in [-0.05, 0) is 6.42 Å². The van der Waals surface area contributed by atoms with Crippen molar-refractivity contribution in [2.24, 2.45) is 0 Å². The van der Waals surface area contributed by atoms with E-state index in [1.54, 1.807) is 0 Å². The van der Waals surface area contributed by atoms with Crippen molar-refractivity contribution >= 4 is 47.3 Å². The number of carbonyl (C=O) groups excluding carboxylic acids is 1. The highest BCUT2D eigenvalue weighted by Crippen LogP contribution is 2.14. The van der Waals surface area contributed by atoms with E-state index >= 15 is 0 Å². The van der Waals surface area contributed by atoms with Gasteiger partial charge in [0.2, 0.25) is 0 Å². The Balaban J connectivity index is 3.03. The van der Waals surface area contributed by atoms with Gasteiger partial charge in [-0.2, -0.15) is 0 Å². The van der Waals surface area contributed by atoms with E-state index in [0.717, 1.165) is 22.4 Å². The number of halogens is 2. The molecule has 0 spiro atoms. The van der Waals surface area contributed by atoms with Crippen molar-refractivity contribution in [3.63, 3.8) is 0 Å². The van der Waals surface area contributed by atoms with Crippen molar-refractivity contribution in [2.75, 3.05) is 6.61 Å². The van der Waals surface area contributed by atoms with Crippen LogP contribution in [0.4, 0.5) is 0 Å². The van der Waals surface area contributed by atoms with E-state index < -0.39 is 0 Å². The molecule has 0 rings (SSSR count). The monoisotopic (exact) mass is 494 g/mol. The summed E-state index contributed by atoms with van der Waals surface area (Å²) in [6.07, 6.45) is 20.0. The number of esters is 1. The minimum atomic E-state index is -0.303. The fourth-order valence-corrected chi connectivity index (χ4v) is 4.84. The molecule has 0 aromatic heterocycles. The highest BCUT2D eigenvalue weighted by molar-refractivity contribution is 9.25. The van der Waals surface area contributed by atoms with Crippen molar-refractivity contribution in [1.82, 2.24) is 0 Å². The van der Waals surface area contributed by atoms with Crippen LogP contribution in [0.2, 0.25) is 6.04 Å². The van der Waals surface area contributed by atoms with Crippen LogP contribution in [0.3, 0.4) is 0 Å². The number of hydrogen-bond acceptors (Lipinski definition) is 2. The molecule has 0 fully saturated rings. The zero-order valence-corrected chi connectivity index (χ0v) is 19.9. The molecular weight excluding hydrogens is 460 g/mol. The van der Waals surface area contributed by atoms with Gasteiger partial charge in [0.25, 0.3) is 0 Å². The molecule has 146 valence electrons. The largest absolute Gasteiger partial charge is 0.463 e. The van der Waals surface area contributed by atoms with Crippen LogP contribution in [-0.2, 0) is 9.53 Å². The molecule has 0 saturated carbocycles. The third kappa shape index (κ3) is 22.3. The smallest absolute Gasteiger partial charge is 0.330 e. The van der Waals surface area contributed by atoms with Gasteiger partial charge in [0.1, 0.15) is 0 Å². The molecule has 0 heterocycles. The molecule has 0 atom stereocenters. The summed E-state index contributed by atoms with van der Waals surface area (Å²) < 4.78 is 5.49. The zero-order valence-electron chi connectivity index (χ0n) is 15.7. The van der Waals surface area contributed by atoms with Gasteiger partial charge in [-0.3, -0.25) is 0 Å². The van der Waals surface area contributed by atoms with E-state index in [9.17, 15) is 4.79 Å². The molecule has 25 heavy (non-hydrogen) atoms. The van der Waals surface area contributed by atoms with E-state index in [2.05, 4.69) is 38.4 Å². The summed E-state index contributed by atoms with van der Waals surface area (Å²) in [4.78, 5) is 10.9. The number of ether oxygens (including phenoxy) is 1. The number of hydrogen-bond donors (Lipinski definition) is 0. The molecule has 2 nitrogen and oxygen atoms in total. The number of rotatable bonds is 19. The number of carbonyl (C=O) groups is 1. The first kappa shape index (κ1) is 25.4. The van der Waals surface area contributed by atoms with Gasteiger partial charge in [-0.1, -0.05) is 128 Å². The van der Waals surface area contributed by atoms with Gasteiger partial charge >= 0.3 is 5.97 Å². The van der Waals surface area contributed by atoms with Crippen LogP contribution >= 0.6 is 31.9 Å². The molecule has 0 unspecified atom stereocenters. The maximum atomic E-state index is 10.9. The molecule has 0 amide bonds. The summed E-state index contributed by atoms with van der Waals surface area (Å²) in [7, 11) is 1.01. The summed E-state index contributed by atoms with van der Waals surface area (Å²) >= 11 is 7.08. The summed E-state index contributed by atoms with van der Waals surface area (Å²) in [6.45, 7) is 3.92. The minimum absolute atomic E-state index is 0.303. The predicted molar refractivity (Wildman–Crippen MR) is 118 cm³/mol. The minimum Gasteiger partial charge on any atom is -0.463 e. The van der Waals surface area contributed by atoms with Crippen molar-refractivity contribution in [1.29, 1.82) is 0 Å². The van der Waals surface area contributed by atoms with Gasteiger partial charge in [-0.25, -0.2) is 4.79 Å². The van der Waals surface area contributed by atoms with Crippen LogP contribution < -0.4 is 0 Å². The Morgan fingerprint density at radius 1 is 0.800 bits per heavy atom. The second kappa shape index (κ2) is 20.7. The van der Waals surface area contributed by atoms with Gasteiger partial charge in [0.15, 0.2) is 0 Å². The standard InChI is InChI=1S/C20H36Br2O2Si/c1-2-19(23)24-17-15-13-11-9-7-5-3-4-6-8-10-12-14-16-18-25-20(21)22/h2,20H,1,3-18H2. The lowest BCUT2D eigenvalue weighted by molar-refractivity contribution is -0.137. The lowest BCUT2D eigenvalue weighted by atomic mass is 10.0. The van der Waals surface area contributed by atoms with Crippen LogP contribution in [0.1, 0.15) is 89.9 Å². The Morgan fingerprint density at radius 3 is 1.60 bits per heavy atom. The summed E-state index contributed by atoms with van der Waals surface area (Å²) in [5, 5.41) is 0. The fraction of sp³-hybridized carbons (Fsp3) is 0.850. The van der Waals surface area contributed by atoms with Crippen LogP contribution in [0.15, 0.2) is 12.7 Å². The number of unbranched alkanes of at least 4 members (excludes halogenated alkanes) is 13. The van der Waals surface area contributed by atoms with Gasteiger partial charge in [0, 0.05) is 6.08 Å². The molecule has 0 aliphatic heterocycles. The Labute approximate surface area is 175 Å². The Bertz CT molecular complexity index is 312. The predicted octanol–water partition coefficient (Wildman–Crippen LogP) is 7.37. The summed E-state index contributed by atoms with van der Waals surface area (Å²) in [5.74, 6) is -0.303. The Hall–Kier alpha value is 0.387. The molecule has 0 aromatic carbocycles. The molecular formula is C20H36Br2O2Si. The first-order valence-electron chi connectivity index (χ1n) is 9.97. The first-order chi connectivity index (χ1) is 12.2. The van der Waals surface area contributed by atoms with E-state index in [1.807, 2.05) is 0 Å². The topological polar surface area (TPSA) is 26.3 Å². The Kier molecular flexibility index (Phi) is 21.0. The van der Waals surface area contributed by atoms with Crippen LogP contribution in [0.25, 0.3) is 0 Å². The van der Waals surface area contributed by atoms with E-state index in [0.29, 0.717) is 9.97 Å². The quantitative estimate of drug-likeness (QED) is 0.0614. The highest BCUT2D eigenvalue weighted by atomic mass is 79.9. The van der Waals surface area contributed by atoms with E-state index in [4.69, 9.17) is 4.74 Å². The molecule has 0 N–H and O–H groups in total. The highest BCUT2D eigenvalue weighted by Gasteiger charge is 1.99. The van der Waals surface area contributed by atoms with Crippen molar-refractivity contribution < 1.29 is 9.53 Å². The van der Waals surface area contributed by atoms with Crippen molar-refractivity contribution in [3.05, 3.63) is 12.7 Å². The van der Waals surface area contributed by atoms with E-state index in [-0.39, 0.29) is 5.97 Å². The van der Waals surface area contributed by atoms with Crippen LogP contribution in [0, 0.1) is 0 Å². The first-order valence-corrected chi connectivity index (χ1v) is 13.1. The van der Waals surface area contributed by atoms with Crippen molar-refractivity contribution in [2.45, 2.75) is 99.3 Å². The maximum Gasteiger partial charge on any atom is 0.330 e. The third-order valence-electron chi connectivity index (χ3n) is 4.28. The molecule has 0 aliphatic rings. The molecule has 0 aromatic rings. The van der Waals surface area contributed by atoms with Gasteiger partial charge in [-0.15, -0.1) is 0 Å². The van der Waals surface area contributed by atoms with Crippen LogP contribution in [0.5, 0.6) is 0 Å². The molecule has 5 heteroatoms. The van der Waals surface area contributed by atoms with E-state index in [1.165, 1.54) is 89.2 Å². The third-order valence-corrected chi connectivity index (χ3v) is 7.17. The average molecular weight is 496 g/mol. The molecule has 0 aliphatic carbocycles. The van der Waals surface area contributed by atoms with Gasteiger partial charge in [0.05, 0.1) is 19.5 Å². The molecule has 0 saturated heterocycles. The normalized spacial score (nSPS) is 11.0. The second-order valence-corrected chi connectivity index (χ2v) is 12.8. The number of alkyl halides is 2. The van der Waals surface area contributed by atoms with Crippen molar-refractivity contribution in [3.8, 4) is 0 Å². The Morgan fingerprint density at radius 2 is 1.20 bits per heavy atom. The molecule has 0 bridgehead atoms. The summed E-state index contributed by atoms with van der Waals surface area (Å²) in [6, 6.07) is 1.36. The van der Waals surface area contributed by atoms with Gasteiger partial charge < -0.3 is 4.74 Å². The molecule has 2 radical (unpaired) electrons. The zero-order chi connectivity index (χ0) is 18.6. The second-order valence-electron chi connectivity index (χ2n) is 6.58. The summed E-state index contributed by atoms with van der Waals surface area (Å²) in [5.41, 5.74) is 0. The average Bonchev–Trinajstić information content (AvgIpc) is 2.60. The SMILES string of the molecule is C=CC(=O)OCCCCCCCCCCCCCCCC[Si]C(Br)Br.